The van der Waals surface area contributed by atoms with E-state index < -0.39 is 0 Å². The van der Waals surface area contributed by atoms with E-state index in [1.54, 1.807) is 0 Å². The Hall–Kier alpha value is -0.0800. The number of nitrogens with zero attached hydrogens (tertiary/aromatic N) is 1. The third kappa shape index (κ3) is 3.55. The molecule has 1 aliphatic rings. The second kappa shape index (κ2) is 5.55. The lowest BCUT2D eigenvalue weighted by Gasteiger charge is -2.28. The Kier molecular flexibility index (Phi) is 4.62. The number of nitrogens with two attached hydrogens (primary N) is 1. The molecule has 0 aliphatic carbocycles. The maximum Gasteiger partial charge on any atom is 0.0167 e. The van der Waals surface area contributed by atoms with E-state index in [4.69, 9.17) is 5.73 Å². The van der Waals surface area contributed by atoms with Crippen molar-refractivity contribution in [3.63, 3.8) is 0 Å². The molecular formula is C10H22N2. The first-order valence-electron chi connectivity index (χ1n) is 5.31. The van der Waals surface area contributed by atoms with Crippen LogP contribution >= 0.6 is 0 Å². The van der Waals surface area contributed by atoms with Crippen LogP contribution in [-0.2, 0) is 0 Å². The summed E-state index contributed by atoms with van der Waals surface area (Å²) in [5, 5.41) is 0. The van der Waals surface area contributed by atoms with Crippen molar-refractivity contribution in [3.8, 4) is 0 Å². The van der Waals surface area contributed by atoms with Gasteiger partial charge in [0.15, 0.2) is 0 Å². The van der Waals surface area contributed by atoms with E-state index >= 15 is 0 Å². The van der Waals surface area contributed by atoms with Crippen LogP contribution in [0.5, 0.6) is 0 Å². The Morgan fingerprint density at radius 2 is 1.92 bits per heavy atom. The predicted octanol–water partition coefficient (Wildman–Crippen LogP) is 1.60. The highest BCUT2D eigenvalue weighted by molar-refractivity contribution is 4.70. The van der Waals surface area contributed by atoms with Gasteiger partial charge in [-0.1, -0.05) is 19.8 Å². The zero-order valence-electron chi connectivity index (χ0n) is 8.26. The summed E-state index contributed by atoms with van der Waals surface area (Å²) < 4.78 is 0. The number of piperidine rings is 1. The molecule has 0 spiro atoms. The van der Waals surface area contributed by atoms with Gasteiger partial charge in [-0.15, -0.1) is 0 Å². The van der Waals surface area contributed by atoms with E-state index in [1.807, 2.05) is 0 Å². The molecule has 0 aromatic carbocycles. The largest absolute Gasteiger partial charge is 0.327 e. The fourth-order valence-corrected chi connectivity index (χ4v) is 1.94. The van der Waals surface area contributed by atoms with Crippen LogP contribution in [0, 0.1) is 0 Å². The number of hydrogen-bond acceptors (Lipinski definition) is 2. The zero-order valence-corrected chi connectivity index (χ0v) is 8.26. The van der Waals surface area contributed by atoms with Gasteiger partial charge in [-0.2, -0.15) is 0 Å². The molecule has 2 N–H and O–H groups in total. The van der Waals surface area contributed by atoms with Gasteiger partial charge in [-0.05, 0) is 32.4 Å². The van der Waals surface area contributed by atoms with Crippen LogP contribution in [0.3, 0.4) is 0 Å². The minimum Gasteiger partial charge on any atom is -0.327 e. The molecule has 0 amide bonds. The smallest absolute Gasteiger partial charge is 0.0167 e. The van der Waals surface area contributed by atoms with Gasteiger partial charge in [0.1, 0.15) is 0 Å². The average molecular weight is 170 g/mol. The molecule has 0 aromatic rings. The number of likely N-dealkylation sites (tertiary alicyclic amines) is 1. The lowest BCUT2D eigenvalue weighted by Crippen LogP contribution is -2.40. The van der Waals surface area contributed by atoms with E-state index in [0.29, 0.717) is 6.04 Å². The fourth-order valence-electron chi connectivity index (χ4n) is 1.94. The van der Waals surface area contributed by atoms with E-state index in [9.17, 15) is 0 Å². The highest BCUT2D eigenvalue weighted by Gasteiger charge is 2.12. The highest BCUT2D eigenvalue weighted by atomic mass is 15.1. The van der Waals surface area contributed by atoms with Gasteiger partial charge in [-0.3, -0.25) is 0 Å². The number of rotatable bonds is 4. The molecule has 1 saturated heterocycles. The van der Waals surface area contributed by atoms with Gasteiger partial charge >= 0.3 is 0 Å². The fraction of sp³-hybridized carbons (Fsp3) is 1.00. The summed E-state index contributed by atoms with van der Waals surface area (Å²) in [4.78, 5) is 2.52. The summed E-state index contributed by atoms with van der Waals surface area (Å²) in [5.74, 6) is 0. The molecule has 0 aromatic heterocycles. The number of hydrogen-bond donors (Lipinski definition) is 1. The van der Waals surface area contributed by atoms with Gasteiger partial charge in [0.25, 0.3) is 0 Å². The molecule has 1 rings (SSSR count). The summed E-state index contributed by atoms with van der Waals surface area (Å²) in [7, 11) is 0. The quantitative estimate of drug-likeness (QED) is 0.694. The van der Waals surface area contributed by atoms with Gasteiger partial charge in [0, 0.05) is 12.6 Å². The molecule has 72 valence electrons. The monoisotopic (exact) mass is 170 g/mol. The molecule has 2 heteroatoms. The van der Waals surface area contributed by atoms with Gasteiger partial charge < -0.3 is 10.6 Å². The Bertz CT molecular complexity index is 108. The van der Waals surface area contributed by atoms with Crippen LogP contribution < -0.4 is 5.73 Å². The molecule has 1 unspecified atom stereocenters. The molecule has 12 heavy (non-hydrogen) atoms. The Labute approximate surface area is 76.1 Å². The summed E-state index contributed by atoms with van der Waals surface area (Å²) >= 11 is 0. The molecule has 0 saturated carbocycles. The molecule has 1 heterocycles. The first-order valence-corrected chi connectivity index (χ1v) is 5.31. The van der Waals surface area contributed by atoms with Crippen LogP contribution in [0.2, 0.25) is 0 Å². The third-order valence-corrected chi connectivity index (χ3v) is 2.60. The molecule has 1 atom stereocenters. The lowest BCUT2D eigenvalue weighted by molar-refractivity contribution is 0.213. The van der Waals surface area contributed by atoms with Crippen molar-refractivity contribution in [1.29, 1.82) is 0 Å². The second-order valence-corrected chi connectivity index (χ2v) is 3.91. The summed E-state index contributed by atoms with van der Waals surface area (Å²) in [6.45, 7) is 5.87. The van der Waals surface area contributed by atoms with Crippen LogP contribution in [-0.4, -0.2) is 30.6 Å². The van der Waals surface area contributed by atoms with Gasteiger partial charge in [0.05, 0.1) is 0 Å². The van der Waals surface area contributed by atoms with E-state index in [-0.39, 0.29) is 0 Å². The first-order chi connectivity index (χ1) is 5.83. The average Bonchev–Trinajstić information content (AvgIpc) is 2.06. The second-order valence-electron chi connectivity index (χ2n) is 3.91. The maximum atomic E-state index is 5.97. The van der Waals surface area contributed by atoms with Crippen LogP contribution in [0.25, 0.3) is 0 Å². The standard InChI is InChI=1S/C10H22N2/c1-2-6-10(11)9-12-7-4-3-5-8-12/h10H,2-9,11H2,1H3. The lowest BCUT2D eigenvalue weighted by atomic mass is 10.1. The maximum absolute atomic E-state index is 5.97. The van der Waals surface area contributed by atoms with Crippen molar-refractivity contribution in [3.05, 3.63) is 0 Å². The molecule has 1 aliphatic heterocycles. The summed E-state index contributed by atoms with van der Waals surface area (Å²) in [6, 6.07) is 0.410. The highest BCUT2D eigenvalue weighted by Crippen LogP contribution is 2.09. The molecule has 0 radical (unpaired) electrons. The van der Waals surface area contributed by atoms with E-state index in [0.717, 1.165) is 6.54 Å². The van der Waals surface area contributed by atoms with Crippen molar-refractivity contribution in [1.82, 2.24) is 4.90 Å². The minimum absolute atomic E-state index is 0.410. The summed E-state index contributed by atoms with van der Waals surface area (Å²) in [6.07, 6.45) is 6.56. The van der Waals surface area contributed by atoms with Gasteiger partial charge in [0.2, 0.25) is 0 Å². The minimum atomic E-state index is 0.410. The zero-order chi connectivity index (χ0) is 8.81. The Morgan fingerprint density at radius 3 is 2.50 bits per heavy atom. The van der Waals surface area contributed by atoms with Crippen molar-refractivity contribution in [2.24, 2.45) is 5.73 Å². The van der Waals surface area contributed by atoms with Crippen molar-refractivity contribution in [2.45, 2.75) is 45.1 Å². The Morgan fingerprint density at radius 1 is 1.25 bits per heavy atom. The first kappa shape index (κ1) is 10.0. The van der Waals surface area contributed by atoms with Crippen molar-refractivity contribution >= 4 is 0 Å². The van der Waals surface area contributed by atoms with Crippen LogP contribution in [0.15, 0.2) is 0 Å². The van der Waals surface area contributed by atoms with Crippen LogP contribution in [0.4, 0.5) is 0 Å². The molecule has 0 bridgehead atoms. The SMILES string of the molecule is CCCC(N)CN1CCCCC1. The predicted molar refractivity (Wildman–Crippen MR) is 53.2 cm³/mol. The normalized spacial score (nSPS) is 22.5. The van der Waals surface area contributed by atoms with Gasteiger partial charge in [-0.25, -0.2) is 0 Å². The van der Waals surface area contributed by atoms with Crippen molar-refractivity contribution in [2.75, 3.05) is 19.6 Å². The summed E-state index contributed by atoms with van der Waals surface area (Å²) in [5.41, 5.74) is 5.97. The molecule has 1 fully saturated rings. The van der Waals surface area contributed by atoms with Crippen molar-refractivity contribution < 1.29 is 0 Å². The topological polar surface area (TPSA) is 29.3 Å². The van der Waals surface area contributed by atoms with E-state index in [1.165, 1.54) is 45.2 Å². The third-order valence-electron chi connectivity index (χ3n) is 2.60. The van der Waals surface area contributed by atoms with Crippen LogP contribution in [0.1, 0.15) is 39.0 Å². The Balaban J connectivity index is 2.11. The van der Waals surface area contributed by atoms with E-state index in [2.05, 4.69) is 11.8 Å². The molecule has 2 nitrogen and oxygen atoms in total. The molecular weight excluding hydrogens is 148 g/mol.